The predicted molar refractivity (Wildman–Crippen MR) is 119 cm³/mol. The van der Waals surface area contributed by atoms with Crippen molar-refractivity contribution in [2.45, 2.75) is 0 Å². The number of hydrogen-bond acceptors (Lipinski definition) is 8. The quantitative estimate of drug-likeness (QED) is 0.333. The highest BCUT2D eigenvalue weighted by Gasteiger charge is 2.04. The normalized spacial score (nSPS) is 10.2. The van der Waals surface area contributed by atoms with Crippen molar-refractivity contribution in [3.63, 3.8) is 0 Å². The molecule has 0 bridgehead atoms. The first-order chi connectivity index (χ1) is 15.3. The van der Waals surface area contributed by atoms with Crippen molar-refractivity contribution in [3.8, 4) is 0 Å². The van der Waals surface area contributed by atoms with Gasteiger partial charge >= 0.3 is 0 Å². The summed E-state index contributed by atoms with van der Waals surface area (Å²) in [6.45, 7) is 0. The number of nitrogens with zero attached hydrogens (tertiary/aromatic N) is 6. The third-order valence-electron chi connectivity index (χ3n) is 3.36. The molecule has 0 radical (unpaired) electrons. The molecule has 0 atom stereocenters. The Morgan fingerprint density at radius 1 is 0.469 bits per heavy atom. The molecule has 0 unspecified atom stereocenters. The second kappa shape index (κ2) is 11.1. The van der Waals surface area contributed by atoms with E-state index < -0.39 is 0 Å². The monoisotopic (exact) mass is 516 g/mol. The van der Waals surface area contributed by atoms with Crippen molar-refractivity contribution in [2.75, 3.05) is 10.6 Å². The van der Waals surface area contributed by atoms with E-state index in [1.807, 2.05) is 0 Å². The Kier molecular flexibility index (Phi) is 8.23. The van der Waals surface area contributed by atoms with Crippen molar-refractivity contribution in [1.82, 2.24) is 29.9 Å². The van der Waals surface area contributed by atoms with Crippen LogP contribution < -0.4 is 10.6 Å². The zero-order valence-electron chi connectivity index (χ0n) is 15.6. The standard InChI is InChI=1S/2C9H5Cl2FN4/c2*10-7-14-8(11)16-9(15-7)13-6-3-1-5(12)2-4-6/h2*1-4H,(H,13,14,15,16). The van der Waals surface area contributed by atoms with Crippen molar-refractivity contribution in [3.05, 3.63) is 81.3 Å². The van der Waals surface area contributed by atoms with Crippen LogP contribution >= 0.6 is 46.4 Å². The molecular formula is C18H10Cl4F2N8. The summed E-state index contributed by atoms with van der Waals surface area (Å²) < 4.78 is 25.3. The third kappa shape index (κ3) is 7.65. The first-order valence-corrected chi connectivity index (χ1v) is 9.97. The molecule has 14 heteroatoms. The zero-order valence-corrected chi connectivity index (χ0v) is 18.6. The Bertz CT molecular complexity index is 1060. The van der Waals surface area contributed by atoms with Gasteiger partial charge in [0.1, 0.15) is 11.6 Å². The molecule has 2 heterocycles. The molecule has 0 aliphatic rings. The molecule has 0 saturated heterocycles. The van der Waals surface area contributed by atoms with E-state index in [1.165, 1.54) is 24.3 Å². The van der Waals surface area contributed by atoms with Gasteiger partial charge in [-0.2, -0.15) is 29.9 Å². The predicted octanol–water partition coefficient (Wildman–Crippen LogP) is 6.12. The summed E-state index contributed by atoms with van der Waals surface area (Å²) in [5.41, 5.74) is 1.25. The van der Waals surface area contributed by atoms with Crippen LogP contribution in [0.15, 0.2) is 48.5 Å². The van der Waals surface area contributed by atoms with E-state index in [9.17, 15) is 8.78 Å². The molecule has 2 aromatic heterocycles. The second-order valence-electron chi connectivity index (χ2n) is 5.66. The van der Waals surface area contributed by atoms with Gasteiger partial charge in [-0.3, -0.25) is 0 Å². The first kappa shape index (κ1) is 23.7. The van der Waals surface area contributed by atoms with Crippen LogP contribution in [0.4, 0.5) is 32.1 Å². The molecule has 164 valence electrons. The van der Waals surface area contributed by atoms with E-state index in [-0.39, 0.29) is 44.7 Å². The minimum absolute atomic E-state index is 0.00962. The minimum Gasteiger partial charge on any atom is -0.324 e. The largest absolute Gasteiger partial charge is 0.324 e. The Labute approximate surface area is 200 Å². The van der Waals surface area contributed by atoms with Crippen molar-refractivity contribution in [2.24, 2.45) is 0 Å². The van der Waals surface area contributed by atoms with Gasteiger partial charge in [0.05, 0.1) is 0 Å². The number of halogens is 6. The van der Waals surface area contributed by atoms with Crippen LogP contribution in [0.3, 0.4) is 0 Å². The van der Waals surface area contributed by atoms with Gasteiger partial charge in [0, 0.05) is 11.4 Å². The zero-order chi connectivity index (χ0) is 23.1. The summed E-state index contributed by atoms with van der Waals surface area (Å²) in [5, 5.41) is 5.59. The Hall–Kier alpha value is -2.92. The van der Waals surface area contributed by atoms with Crippen molar-refractivity contribution < 1.29 is 8.78 Å². The maximum Gasteiger partial charge on any atom is 0.232 e. The smallest absolute Gasteiger partial charge is 0.232 e. The van der Waals surface area contributed by atoms with Crippen molar-refractivity contribution >= 4 is 69.7 Å². The summed E-state index contributed by atoms with van der Waals surface area (Å²) in [5.74, 6) is -0.234. The average molecular weight is 518 g/mol. The molecule has 0 aliphatic heterocycles. The molecule has 0 aliphatic carbocycles. The van der Waals surface area contributed by atoms with Gasteiger partial charge in [0.2, 0.25) is 33.0 Å². The lowest BCUT2D eigenvalue weighted by Crippen LogP contribution is -1.99. The lowest BCUT2D eigenvalue weighted by molar-refractivity contribution is 0.627. The molecule has 0 fully saturated rings. The fourth-order valence-electron chi connectivity index (χ4n) is 2.09. The molecule has 4 aromatic rings. The van der Waals surface area contributed by atoms with Gasteiger partial charge in [-0.1, -0.05) is 0 Å². The number of nitrogens with one attached hydrogen (secondary N) is 2. The van der Waals surface area contributed by atoms with Gasteiger partial charge in [-0.05, 0) is 94.9 Å². The molecule has 8 nitrogen and oxygen atoms in total. The maximum absolute atomic E-state index is 12.6. The summed E-state index contributed by atoms with van der Waals surface area (Å²) in [6, 6.07) is 11.4. The third-order valence-corrected chi connectivity index (χ3v) is 4.04. The van der Waals surface area contributed by atoms with Crippen LogP contribution in [0.1, 0.15) is 0 Å². The fraction of sp³-hybridized carbons (Fsp3) is 0. The summed E-state index contributed by atoms with van der Waals surface area (Å²) >= 11 is 22.4. The van der Waals surface area contributed by atoms with E-state index >= 15 is 0 Å². The minimum atomic E-state index is -0.322. The van der Waals surface area contributed by atoms with E-state index in [1.54, 1.807) is 24.3 Å². The van der Waals surface area contributed by atoms with Crippen LogP contribution in [0, 0.1) is 11.6 Å². The number of benzene rings is 2. The molecule has 0 saturated carbocycles. The van der Waals surface area contributed by atoms with Gasteiger partial charge < -0.3 is 10.6 Å². The Morgan fingerprint density at radius 2 is 0.750 bits per heavy atom. The van der Waals surface area contributed by atoms with Crippen LogP contribution in [0.2, 0.25) is 21.1 Å². The van der Waals surface area contributed by atoms with Gasteiger partial charge in [0.25, 0.3) is 0 Å². The number of anilines is 4. The fourth-order valence-corrected chi connectivity index (χ4v) is 2.82. The maximum atomic E-state index is 12.6. The second-order valence-corrected chi connectivity index (χ2v) is 7.01. The van der Waals surface area contributed by atoms with Gasteiger partial charge in [-0.25, -0.2) is 8.78 Å². The van der Waals surface area contributed by atoms with Crippen LogP contribution in [-0.2, 0) is 0 Å². The first-order valence-electron chi connectivity index (χ1n) is 8.46. The molecule has 0 amide bonds. The molecule has 2 aromatic carbocycles. The van der Waals surface area contributed by atoms with Crippen LogP contribution in [0.5, 0.6) is 0 Å². The highest BCUT2D eigenvalue weighted by molar-refractivity contribution is 6.31. The van der Waals surface area contributed by atoms with E-state index in [4.69, 9.17) is 46.4 Å². The SMILES string of the molecule is Fc1ccc(Nc2nc(Cl)nc(Cl)n2)cc1.Fc1ccc(Nc2nc(Cl)nc(Cl)n2)cc1. The molecule has 4 rings (SSSR count). The van der Waals surface area contributed by atoms with Crippen LogP contribution in [-0.4, -0.2) is 29.9 Å². The van der Waals surface area contributed by atoms with E-state index in [0.29, 0.717) is 11.4 Å². The molecule has 2 N–H and O–H groups in total. The topological polar surface area (TPSA) is 101 Å². The summed E-state index contributed by atoms with van der Waals surface area (Å²) in [6.07, 6.45) is 0. The molecular weight excluding hydrogens is 508 g/mol. The summed E-state index contributed by atoms with van der Waals surface area (Å²) in [7, 11) is 0. The lowest BCUT2D eigenvalue weighted by Gasteiger charge is -2.04. The Balaban J connectivity index is 0.000000181. The number of aromatic nitrogens is 6. The lowest BCUT2D eigenvalue weighted by atomic mass is 10.3. The van der Waals surface area contributed by atoms with E-state index in [2.05, 4.69) is 40.5 Å². The summed E-state index contributed by atoms with van der Waals surface area (Å²) in [4.78, 5) is 22.4. The highest BCUT2D eigenvalue weighted by atomic mass is 35.5. The Morgan fingerprint density at radius 3 is 1.03 bits per heavy atom. The highest BCUT2D eigenvalue weighted by Crippen LogP contribution is 2.17. The van der Waals surface area contributed by atoms with E-state index in [0.717, 1.165) is 0 Å². The number of hydrogen-bond donors (Lipinski definition) is 2. The molecule has 0 spiro atoms. The average Bonchev–Trinajstić information content (AvgIpc) is 2.71. The molecule has 32 heavy (non-hydrogen) atoms. The van der Waals surface area contributed by atoms with Gasteiger partial charge in [0.15, 0.2) is 0 Å². The van der Waals surface area contributed by atoms with Crippen molar-refractivity contribution in [1.29, 1.82) is 0 Å². The van der Waals surface area contributed by atoms with Gasteiger partial charge in [-0.15, -0.1) is 0 Å². The number of rotatable bonds is 4. The van der Waals surface area contributed by atoms with Crippen LogP contribution in [0.25, 0.3) is 0 Å².